The molecule has 0 saturated carbocycles. The Labute approximate surface area is 175 Å². The highest BCUT2D eigenvalue weighted by Gasteiger charge is 2.14. The number of ether oxygens (including phenoxy) is 1. The molecule has 0 atom stereocenters. The normalized spacial score (nSPS) is 10.7. The Hall–Kier alpha value is -3.84. The van der Waals surface area contributed by atoms with Crippen LogP contribution in [0.5, 0.6) is 5.88 Å². The van der Waals surface area contributed by atoms with Gasteiger partial charge in [0.25, 0.3) is 5.56 Å². The molecule has 4 aromatic rings. The smallest absolute Gasteiger partial charge is 0.268 e. The van der Waals surface area contributed by atoms with E-state index in [2.05, 4.69) is 9.97 Å². The van der Waals surface area contributed by atoms with Gasteiger partial charge in [-0.2, -0.15) is 0 Å². The fraction of sp³-hybridized carbons (Fsp3) is 0.0455. The zero-order valence-corrected chi connectivity index (χ0v) is 16.5. The Bertz CT molecular complexity index is 1360. The van der Waals surface area contributed by atoms with Crippen molar-refractivity contribution in [1.82, 2.24) is 14.4 Å². The summed E-state index contributed by atoms with van der Waals surface area (Å²) in [5, 5.41) is 0.446. The van der Waals surface area contributed by atoms with E-state index >= 15 is 0 Å². The first kappa shape index (κ1) is 19.5. The van der Waals surface area contributed by atoms with E-state index in [1.165, 1.54) is 17.7 Å². The van der Waals surface area contributed by atoms with Crippen LogP contribution in [0, 0.1) is 0 Å². The van der Waals surface area contributed by atoms with Crippen molar-refractivity contribution in [1.29, 1.82) is 0 Å². The summed E-state index contributed by atoms with van der Waals surface area (Å²) in [5.41, 5.74) is 2.94. The fourth-order valence-corrected chi connectivity index (χ4v) is 3.48. The summed E-state index contributed by atoms with van der Waals surface area (Å²) in [5.74, 6) is 0.212. The third-order valence-corrected chi connectivity index (χ3v) is 5.07. The molecule has 0 N–H and O–H groups in total. The largest absolute Gasteiger partial charge is 0.480 e. The standard InChI is InChI=1S/C22H14ClN3O4/c1-30-21-14(11-27)5-6-18(25-21)17-4-2-3-16(20(17)23)13-7-8-26-19(9-13)24-10-15(12-28)22(26)29/h2-12H,1H3. The van der Waals surface area contributed by atoms with Crippen LogP contribution < -0.4 is 10.3 Å². The molecule has 3 aromatic heterocycles. The third-order valence-electron chi connectivity index (χ3n) is 4.66. The average molecular weight is 420 g/mol. The Morgan fingerprint density at radius 1 is 1.03 bits per heavy atom. The van der Waals surface area contributed by atoms with E-state index in [4.69, 9.17) is 16.3 Å². The van der Waals surface area contributed by atoms with Gasteiger partial charge in [-0.05, 0) is 29.8 Å². The first-order chi connectivity index (χ1) is 14.6. The molecule has 0 spiro atoms. The SMILES string of the molecule is COc1nc(-c2cccc(-c3ccn4c(=O)c(C=O)cnc4c3)c2Cl)ccc1C=O. The van der Waals surface area contributed by atoms with Crippen molar-refractivity contribution >= 4 is 29.8 Å². The summed E-state index contributed by atoms with van der Waals surface area (Å²) in [6.45, 7) is 0. The second kappa shape index (κ2) is 7.88. The number of aldehydes is 2. The second-order valence-corrected chi connectivity index (χ2v) is 6.74. The highest BCUT2D eigenvalue weighted by molar-refractivity contribution is 6.36. The predicted octanol–water partition coefficient (Wildman–Crippen LogP) is 3.71. The van der Waals surface area contributed by atoms with Crippen molar-refractivity contribution in [2.24, 2.45) is 0 Å². The van der Waals surface area contributed by atoms with Crippen molar-refractivity contribution in [3.63, 3.8) is 0 Å². The molecule has 0 aliphatic carbocycles. The lowest BCUT2D eigenvalue weighted by Crippen LogP contribution is -2.18. The minimum Gasteiger partial charge on any atom is -0.480 e. The number of nitrogens with zero attached hydrogens (tertiary/aromatic N) is 3. The van der Waals surface area contributed by atoms with Crippen LogP contribution >= 0.6 is 11.6 Å². The molecule has 4 rings (SSSR count). The van der Waals surface area contributed by atoms with Crippen molar-refractivity contribution in [3.05, 3.63) is 81.4 Å². The van der Waals surface area contributed by atoms with Crippen LogP contribution in [0.2, 0.25) is 5.02 Å². The molecule has 0 unspecified atom stereocenters. The number of halogens is 1. The zero-order valence-electron chi connectivity index (χ0n) is 15.7. The van der Waals surface area contributed by atoms with Gasteiger partial charge < -0.3 is 4.74 Å². The number of hydrogen-bond donors (Lipinski definition) is 0. The van der Waals surface area contributed by atoms with Crippen LogP contribution in [-0.2, 0) is 0 Å². The minimum atomic E-state index is -0.437. The van der Waals surface area contributed by atoms with E-state index in [9.17, 15) is 14.4 Å². The van der Waals surface area contributed by atoms with Gasteiger partial charge in [0.1, 0.15) is 5.65 Å². The molecular weight excluding hydrogens is 406 g/mol. The van der Waals surface area contributed by atoms with Crippen molar-refractivity contribution in [2.45, 2.75) is 0 Å². The lowest BCUT2D eigenvalue weighted by molar-refractivity contribution is 0.111. The molecule has 0 aliphatic heterocycles. The lowest BCUT2D eigenvalue weighted by atomic mass is 10.0. The van der Waals surface area contributed by atoms with Crippen LogP contribution in [0.3, 0.4) is 0 Å². The van der Waals surface area contributed by atoms with E-state index in [-0.39, 0.29) is 11.4 Å². The Kier molecular flexibility index (Phi) is 5.12. The molecule has 148 valence electrons. The molecule has 0 saturated heterocycles. The van der Waals surface area contributed by atoms with Gasteiger partial charge in [-0.15, -0.1) is 0 Å². The monoisotopic (exact) mass is 419 g/mol. The maximum atomic E-state index is 12.2. The maximum Gasteiger partial charge on any atom is 0.268 e. The van der Waals surface area contributed by atoms with Crippen LogP contribution in [0.4, 0.5) is 0 Å². The molecule has 0 aliphatic rings. The van der Waals surface area contributed by atoms with Gasteiger partial charge in [-0.25, -0.2) is 9.97 Å². The van der Waals surface area contributed by atoms with E-state index in [1.54, 1.807) is 30.5 Å². The van der Waals surface area contributed by atoms with E-state index in [0.29, 0.717) is 45.6 Å². The van der Waals surface area contributed by atoms with Gasteiger partial charge in [-0.1, -0.05) is 29.8 Å². The van der Waals surface area contributed by atoms with Crippen molar-refractivity contribution in [3.8, 4) is 28.3 Å². The lowest BCUT2D eigenvalue weighted by Gasteiger charge is -2.12. The van der Waals surface area contributed by atoms with Gasteiger partial charge in [0, 0.05) is 23.5 Å². The number of fused-ring (bicyclic) bond motifs is 1. The third kappa shape index (κ3) is 3.25. The second-order valence-electron chi connectivity index (χ2n) is 6.36. The van der Waals surface area contributed by atoms with Crippen LogP contribution in [-0.4, -0.2) is 34.1 Å². The molecule has 1 aromatic carbocycles. The number of benzene rings is 1. The van der Waals surface area contributed by atoms with Gasteiger partial charge in [-0.3, -0.25) is 18.8 Å². The highest BCUT2D eigenvalue weighted by Crippen LogP contribution is 2.36. The summed E-state index contributed by atoms with van der Waals surface area (Å²) in [6, 6.07) is 12.2. The summed E-state index contributed by atoms with van der Waals surface area (Å²) >= 11 is 6.69. The first-order valence-electron chi connectivity index (χ1n) is 8.83. The minimum absolute atomic E-state index is 0.0147. The predicted molar refractivity (Wildman–Crippen MR) is 112 cm³/mol. The van der Waals surface area contributed by atoms with Crippen molar-refractivity contribution in [2.75, 3.05) is 7.11 Å². The molecule has 0 radical (unpaired) electrons. The first-order valence-corrected chi connectivity index (χ1v) is 9.21. The van der Waals surface area contributed by atoms with Gasteiger partial charge in [0.05, 0.1) is 29.0 Å². The van der Waals surface area contributed by atoms with Gasteiger partial charge in [0.2, 0.25) is 5.88 Å². The molecule has 0 amide bonds. The number of aromatic nitrogens is 3. The summed E-state index contributed by atoms with van der Waals surface area (Å²) < 4.78 is 6.48. The molecule has 0 bridgehead atoms. The number of pyridine rings is 2. The Morgan fingerprint density at radius 3 is 2.53 bits per heavy atom. The molecule has 7 nitrogen and oxygen atoms in total. The number of rotatable bonds is 5. The van der Waals surface area contributed by atoms with E-state index < -0.39 is 5.56 Å². The van der Waals surface area contributed by atoms with E-state index in [1.807, 2.05) is 18.2 Å². The van der Waals surface area contributed by atoms with Gasteiger partial charge >= 0.3 is 0 Å². The summed E-state index contributed by atoms with van der Waals surface area (Å²) in [6.07, 6.45) is 3.95. The van der Waals surface area contributed by atoms with Crippen LogP contribution in [0.15, 0.2) is 59.7 Å². The number of hydrogen-bond acceptors (Lipinski definition) is 6. The molecule has 3 heterocycles. The summed E-state index contributed by atoms with van der Waals surface area (Å²) in [4.78, 5) is 42.9. The molecule has 30 heavy (non-hydrogen) atoms. The van der Waals surface area contributed by atoms with Crippen LogP contribution in [0.1, 0.15) is 20.7 Å². The maximum absolute atomic E-state index is 12.2. The summed E-state index contributed by atoms with van der Waals surface area (Å²) in [7, 11) is 1.44. The number of carbonyl (C=O) groups excluding carboxylic acids is 2. The quantitative estimate of drug-likeness (QED) is 0.458. The fourth-order valence-electron chi connectivity index (χ4n) is 3.14. The molecular formula is C22H14ClN3O4. The number of methoxy groups -OCH3 is 1. The van der Waals surface area contributed by atoms with Crippen molar-refractivity contribution < 1.29 is 14.3 Å². The van der Waals surface area contributed by atoms with E-state index in [0.717, 1.165) is 5.56 Å². The molecule has 8 heteroatoms. The average Bonchev–Trinajstić information content (AvgIpc) is 2.79. The topological polar surface area (TPSA) is 90.6 Å². The number of carbonyl (C=O) groups is 2. The molecule has 0 fully saturated rings. The highest BCUT2D eigenvalue weighted by atomic mass is 35.5. The Morgan fingerprint density at radius 2 is 1.80 bits per heavy atom. The zero-order chi connectivity index (χ0) is 21.3. The Balaban J connectivity index is 1.85. The van der Waals surface area contributed by atoms with Gasteiger partial charge in [0.15, 0.2) is 12.6 Å². The van der Waals surface area contributed by atoms with Crippen LogP contribution in [0.25, 0.3) is 28.0 Å².